The Kier molecular flexibility index (Phi) is 7.07. The number of carbonyl (C=O) groups is 3. The molecule has 180 valence electrons. The van der Waals surface area contributed by atoms with Gasteiger partial charge in [0.1, 0.15) is 11.4 Å². The van der Waals surface area contributed by atoms with E-state index in [2.05, 4.69) is 17.6 Å². The van der Waals surface area contributed by atoms with Crippen molar-refractivity contribution in [1.82, 2.24) is 4.57 Å². The summed E-state index contributed by atoms with van der Waals surface area (Å²) in [6.45, 7) is 7.33. The Morgan fingerprint density at radius 2 is 1.85 bits per heavy atom. The number of hydrogen-bond donors (Lipinski definition) is 2. The monoisotopic (exact) mass is 481 g/mol. The Morgan fingerprint density at radius 1 is 1.09 bits per heavy atom. The van der Waals surface area contributed by atoms with Crippen LogP contribution in [0.2, 0.25) is 0 Å². The van der Waals surface area contributed by atoms with E-state index >= 15 is 0 Å². The lowest BCUT2D eigenvalue weighted by Crippen LogP contribution is -2.23. The first-order valence-electron chi connectivity index (χ1n) is 11.8. The van der Waals surface area contributed by atoms with Gasteiger partial charge >= 0.3 is 5.97 Å². The van der Waals surface area contributed by atoms with Crippen molar-refractivity contribution in [3.8, 4) is 0 Å². The third kappa shape index (κ3) is 4.46. The molecule has 8 heteroatoms. The van der Waals surface area contributed by atoms with Crippen molar-refractivity contribution in [2.45, 2.75) is 66.3 Å². The lowest BCUT2D eigenvalue weighted by atomic mass is 9.96. The van der Waals surface area contributed by atoms with Crippen LogP contribution in [0.5, 0.6) is 0 Å². The molecular formula is C26H31N3O4S. The Labute approximate surface area is 203 Å². The predicted octanol–water partition coefficient (Wildman–Crippen LogP) is 5.23. The number of ether oxygens (including phenoxy) is 1. The molecule has 3 aromatic rings. The van der Waals surface area contributed by atoms with Gasteiger partial charge in [0.2, 0.25) is 11.8 Å². The summed E-state index contributed by atoms with van der Waals surface area (Å²) < 4.78 is 7.07. The van der Waals surface area contributed by atoms with Gasteiger partial charge in [-0.1, -0.05) is 25.1 Å². The second kappa shape index (κ2) is 10.0. The fraction of sp³-hybridized carbons (Fsp3) is 0.423. The number of para-hydroxylation sites is 1. The summed E-state index contributed by atoms with van der Waals surface area (Å²) in [6, 6.07) is 5.95. The Hall–Kier alpha value is -3.13. The molecule has 2 aromatic heterocycles. The number of nitrogens with zero attached hydrogens (tertiary/aromatic N) is 1. The number of anilines is 2. The maximum Gasteiger partial charge on any atom is 0.357 e. The average molecular weight is 482 g/mol. The van der Waals surface area contributed by atoms with Crippen LogP contribution < -0.4 is 10.6 Å². The number of thiophene rings is 1. The average Bonchev–Trinajstić information content (AvgIpc) is 3.30. The first-order chi connectivity index (χ1) is 16.3. The maximum absolute atomic E-state index is 13.3. The Balaban J connectivity index is 1.83. The van der Waals surface area contributed by atoms with Crippen LogP contribution in [-0.2, 0) is 40.1 Å². The number of aryl methyl sites for hydroxylation is 4. The molecular weight excluding hydrogens is 450 g/mol. The van der Waals surface area contributed by atoms with Crippen LogP contribution in [0.25, 0.3) is 10.2 Å². The van der Waals surface area contributed by atoms with Crippen molar-refractivity contribution >= 4 is 50.7 Å². The number of fused-ring (bicyclic) bond motifs is 3. The molecule has 1 aromatic carbocycles. The number of carbonyl (C=O) groups excluding carboxylic acids is 3. The molecule has 1 aliphatic rings. The van der Waals surface area contributed by atoms with Crippen LogP contribution in [0.4, 0.5) is 11.4 Å². The molecule has 0 saturated heterocycles. The summed E-state index contributed by atoms with van der Waals surface area (Å²) >= 11 is 1.61. The summed E-state index contributed by atoms with van der Waals surface area (Å²) in [7, 11) is 0. The van der Waals surface area contributed by atoms with E-state index in [4.69, 9.17) is 4.74 Å². The van der Waals surface area contributed by atoms with Crippen molar-refractivity contribution in [3.63, 3.8) is 0 Å². The number of rotatable bonds is 7. The molecule has 0 saturated carbocycles. The van der Waals surface area contributed by atoms with Crippen LogP contribution >= 0.6 is 11.3 Å². The lowest BCUT2D eigenvalue weighted by Gasteiger charge is -2.15. The maximum atomic E-state index is 13.3. The lowest BCUT2D eigenvalue weighted by molar-refractivity contribution is -0.116. The van der Waals surface area contributed by atoms with Crippen LogP contribution in [0.1, 0.15) is 65.7 Å². The molecule has 0 unspecified atom stereocenters. The number of hydrogen-bond acceptors (Lipinski definition) is 5. The van der Waals surface area contributed by atoms with E-state index in [1.54, 1.807) is 22.8 Å². The van der Waals surface area contributed by atoms with E-state index in [1.165, 1.54) is 17.4 Å². The van der Waals surface area contributed by atoms with E-state index in [0.717, 1.165) is 59.1 Å². The first-order valence-corrected chi connectivity index (χ1v) is 12.7. The second-order valence-corrected chi connectivity index (χ2v) is 9.70. The standard InChI is InChI=1S/C26H31N3O4S/c1-5-17-11-9-10-15(3)22(17)28-20(31)14-29-24(26(32)33-6-2)23(27-16(4)30)21-18-12-7-8-13-19(18)34-25(21)29/h9-11H,5-8,12-14H2,1-4H3,(H,27,30)(H,28,31). The van der Waals surface area contributed by atoms with E-state index in [0.29, 0.717) is 5.69 Å². The molecule has 34 heavy (non-hydrogen) atoms. The number of aromatic nitrogens is 1. The molecule has 0 aliphatic heterocycles. The highest BCUT2D eigenvalue weighted by atomic mass is 32.1. The van der Waals surface area contributed by atoms with Crippen LogP contribution in [0, 0.1) is 6.92 Å². The van der Waals surface area contributed by atoms with E-state index in [1.807, 2.05) is 25.1 Å². The summed E-state index contributed by atoms with van der Waals surface area (Å²) in [5, 5.41) is 6.81. The van der Waals surface area contributed by atoms with Gasteiger partial charge in [0.25, 0.3) is 0 Å². The topological polar surface area (TPSA) is 89.4 Å². The second-order valence-electron chi connectivity index (χ2n) is 8.61. The van der Waals surface area contributed by atoms with Crippen molar-refractivity contribution in [2.75, 3.05) is 17.2 Å². The zero-order valence-electron chi connectivity index (χ0n) is 20.2. The number of nitrogens with one attached hydrogen (secondary N) is 2. The normalized spacial score (nSPS) is 12.9. The Morgan fingerprint density at radius 3 is 2.56 bits per heavy atom. The van der Waals surface area contributed by atoms with Gasteiger partial charge in [-0.15, -0.1) is 11.3 Å². The number of benzene rings is 1. The molecule has 0 fully saturated rings. The summed E-state index contributed by atoms with van der Waals surface area (Å²) in [5.74, 6) is -1.04. The molecule has 7 nitrogen and oxygen atoms in total. The van der Waals surface area contributed by atoms with Crippen molar-refractivity contribution in [1.29, 1.82) is 0 Å². The van der Waals surface area contributed by atoms with Gasteiger partial charge in [0.05, 0.1) is 12.3 Å². The van der Waals surface area contributed by atoms with Gasteiger partial charge in [0.15, 0.2) is 5.69 Å². The molecule has 2 heterocycles. The van der Waals surface area contributed by atoms with Crippen molar-refractivity contribution in [3.05, 3.63) is 45.5 Å². The smallest absolute Gasteiger partial charge is 0.357 e. The summed E-state index contributed by atoms with van der Waals surface area (Å²) in [6.07, 6.45) is 4.83. The molecule has 4 rings (SSSR count). The third-order valence-corrected chi connectivity index (χ3v) is 7.55. The minimum Gasteiger partial charge on any atom is -0.461 e. The molecule has 0 spiro atoms. The van der Waals surface area contributed by atoms with Gasteiger partial charge in [-0.3, -0.25) is 9.59 Å². The van der Waals surface area contributed by atoms with E-state index in [9.17, 15) is 14.4 Å². The fourth-order valence-corrected chi connectivity index (χ4v) is 6.14. The van der Waals surface area contributed by atoms with Gasteiger partial charge in [-0.25, -0.2) is 4.79 Å². The molecule has 0 bridgehead atoms. The molecule has 0 atom stereocenters. The molecule has 1 aliphatic carbocycles. The van der Waals surface area contributed by atoms with E-state index in [-0.39, 0.29) is 30.7 Å². The third-order valence-electron chi connectivity index (χ3n) is 6.23. The SMILES string of the molecule is CCOC(=O)c1c(NC(C)=O)c2c3c(sc2n1CC(=O)Nc1c(C)cccc1CC)CCCC3. The van der Waals surface area contributed by atoms with Gasteiger partial charge in [0, 0.05) is 22.9 Å². The molecule has 2 N–H and O–H groups in total. The van der Waals surface area contributed by atoms with Crippen LogP contribution in [-0.4, -0.2) is 29.0 Å². The molecule has 0 radical (unpaired) electrons. The minimum atomic E-state index is -0.544. The quantitative estimate of drug-likeness (QED) is 0.453. The van der Waals surface area contributed by atoms with Crippen molar-refractivity contribution < 1.29 is 19.1 Å². The highest BCUT2D eigenvalue weighted by Crippen LogP contribution is 2.44. The van der Waals surface area contributed by atoms with Gasteiger partial charge in [-0.05, 0) is 62.6 Å². The number of esters is 1. The highest BCUT2D eigenvalue weighted by Gasteiger charge is 2.31. The van der Waals surface area contributed by atoms with E-state index < -0.39 is 5.97 Å². The largest absolute Gasteiger partial charge is 0.461 e. The first kappa shape index (κ1) is 24.0. The minimum absolute atomic E-state index is 0.0545. The zero-order chi connectivity index (χ0) is 24.4. The fourth-order valence-electron chi connectivity index (χ4n) is 4.74. The van der Waals surface area contributed by atoms with Gasteiger partial charge < -0.3 is 19.9 Å². The Bertz CT molecular complexity index is 1270. The number of amides is 2. The van der Waals surface area contributed by atoms with Crippen LogP contribution in [0.3, 0.4) is 0 Å². The van der Waals surface area contributed by atoms with Crippen LogP contribution in [0.15, 0.2) is 18.2 Å². The predicted molar refractivity (Wildman–Crippen MR) is 136 cm³/mol. The van der Waals surface area contributed by atoms with Crippen molar-refractivity contribution in [2.24, 2.45) is 0 Å². The van der Waals surface area contributed by atoms with Gasteiger partial charge in [-0.2, -0.15) is 0 Å². The highest BCUT2D eigenvalue weighted by molar-refractivity contribution is 7.19. The zero-order valence-corrected chi connectivity index (χ0v) is 21.0. The summed E-state index contributed by atoms with van der Waals surface area (Å²) in [5.41, 5.74) is 4.71. The molecule has 2 amide bonds. The summed E-state index contributed by atoms with van der Waals surface area (Å²) in [4.78, 5) is 40.6.